The lowest BCUT2D eigenvalue weighted by Gasteiger charge is -2.24. The van der Waals surface area contributed by atoms with E-state index in [4.69, 9.17) is 11.6 Å². The molecule has 25 heavy (non-hydrogen) atoms. The Bertz CT molecular complexity index is 656. The molecule has 1 saturated carbocycles. The minimum atomic E-state index is -0.891. The van der Waals surface area contributed by atoms with E-state index < -0.39 is 17.4 Å². The van der Waals surface area contributed by atoms with Crippen molar-refractivity contribution in [2.75, 3.05) is 6.54 Å². The molecular formula is C18H23ClN2O4. The summed E-state index contributed by atoms with van der Waals surface area (Å²) >= 11 is 5.82. The first kappa shape index (κ1) is 19.2. The van der Waals surface area contributed by atoms with Gasteiger partial charge in [-0.2, -0.15) is 0 Å². The van der Waals surface area contributed by atoms with Crippen LogP contribution in [0.3, 0.4) is 0 Å². The Morgan fingerprint density at radius 2 is 1.84 bits per heavy atom. The number of benzene rings is 1. The van der Waals surface area contributed by atoms with Gasteiger partial charge in [-0.15, -0.1) is 0 Å². The molecule has 0 heterocycles. The van der Waals surface area contributed by atoms with E-state index in [1.165, 1.54) is 0 Å². The average Bonchev–Trinajstić information content (AvgIpc) is 3.38. The lowest BCUT2D eigenvalue weighted by atomic mass is 9.97. The van der Waals surface area contributed by atoms with Gasteiger partial charge in [-0.05, 0) is 43.0 Å². The first-order valence-electron chi connectivity index (χ1n) is 8.36. The van der Waals surface area contributed by atoms with E-state index in [0.29, 0.717) is 29.8 Å². The largest absolute Gasteiger partial charge is 0.481 e. The van der Waals surface area contributed by atoms with Gasteiger partial charge < -0.3 is 15.7 Å². The van der Waals surface area contributed by atoms with Crippen LogP contribution in [0.1, 0.15) is 43.5 Å². The lowest BCUT2D eigenvalue weighted by Crippen LogP contribution is -2.51. The summed E-state index contributed by atoms with van der Waals surface area (Å²) in [7, 11) is 0. The summed E-state index contributed by atoms with van der Waals surface area (Å²) in [6, 6.07) is 5.68. The number of hydrogen-bond acceptors (Lipinski definition) is 3. The van der Waals surface area contributed by atoms with E-state index in [1.54, 1.807) is 24.3 Å². The Hall–Kier alpha value is -2.08. The second kappa shape index (κ2) is 7.87. The Morgan fingerprint density at radius 1 is 1.24 bits per heavy atom. The summed E-state index contributed by atoms with van der Waals surface area (Å²) in [5, 5.41) is 15.2. The third kappa shape index (κ3) is 4.72. The van der Waals surface area contributed by atoms with Gasteiger partial charge in [-0.3, -0.25) is 14.4 Å². The highest BCUT2D eigenvalue weighted by Crippen LogP contribution is 2.45. The highest BCUT2D eigenvalue weighted by atomic mass is 35.5. The maximum Gasteiger partial charge on any atom is 0.311 e. The molecule has 0 bridgehead atoms. The number of nitrogens with one attached hydrogen (secondary N) is 2. The Morgan fingerprint density at radius 3 is 2.32 bits per heavy atom. The van der Waals surface area contributed by atoms with Crippen molar-refractivity contribution in [1.29, 1.82) is 0 Å². The molecule has 2 atom stereocenters. The predicted molar refractivity (Wildman–Crippen MR) is 94.5 cm³/mol. The smallest absolute Gasteiger partial charge is 0.311 e. The van der Waals surface area contributed by atoms with E-state index in [1.807, 2.05) is 13.8 Å². The van der Waals surface area contributed by atoms with Crippen molar-refractivity contribution in [2.45, 2.75) is 39.2 Å². The van der Waals surface area contributed by atoms with Crippen LogP contribution in [0.4, 0.5) is 0 Å². The third-order valence-corrected chi connectivity index (χ3v) is 5.05. The minimum Gasteiger partial charge on any atom is -0.481 e. The van der Waals surface area contributed by atoms with Crippen LogP contribution in [0.5, 0.6) is 0 Å². The van der Waals surface area contributed by atoms with Crippen LogP contribution in [0.25, 0.3) is 0 Å². The highest BCUT2D eigenvalue weighted by molar-refractivity contribution is 6.30. The molecule has 0 aliphatic heterocycles. The summed E-state index contributed by atoms with van der Waals surface area (Å²) in [6.07, 6.45) is 1.82. The van der Waals surface area contributed by atoms with Crippen LogP contribution in [-0.2, 0) is 9.59 Å². The average molecular weight is 367 g/mol. The van der Waals surface area contributed by atoms with Gasteiger partial charge in [0, 0.05) is 17.1 Å². The SMILES string of the molecule is CCC(C)C(NC(=O)c1ccc(Cl)cc1)C(=O)NCC1(C(=O)O)CC1. The van der Waals surface area contributed by atoms with Crippen molar-refractivity contribution < 1.29 is 19.5 Å². The topological polar surface area (TPSA) is 95.5 Å². The summed E-state index contributed by atoms with van der Waals surface area (Å²) in [5.41, 5.74) is -0.426. The van der Waals surface area contributed by atoms with Crippen LogP contribution >= 0.6 is 11.6 Å². The quantitative estimate of drug-likeness (QED) is 0.658. The number of halogens is 1. The van der Waals surface area contributed by atoms with E-state index in [0.717, 1.165) is 0 Å². The molecule has 1 aromatic rings. The zero-order valence-corrected chi connectivity index (χ0v) is 15.1. The maximum atomic E-state index is 12.5. The summed E-state index contributed by atoms with van der Waals surface area (Å²) in [6.45, 7) is 3.89. The normalized spacial score (nSPS) is 17.2. The van der Waals surface area contributed by atoms with Crippen molar-refractivity contribution in [3.8, 4) is 0 Å². The predicted octanol–water partition coefficient (Wildman–Crippen LogP) is 2.47. The van der Waals surface area contributed by atoms with Gasteiger partial charge in [0.1, 0.15) is 6.04 Å². The van der Waals surface area contributed by atoms with Crippen molar-refractivity contribution in [3.05, 3.63) is 34.9 Å². The van der Waals surface area contributed by atoms with Gasteiger partial charge in [0.25, 0.3) is 5.91 Å². The highest BCUT2D eigenvalue weighted by Gasteiger charge is 2.50. The van der Waals surface area contributed by atoms with Crippen LogP contribution < -0.4 is 10.6 Å². The van der Waals surface area contributed by atoms with Crippen molar-refractivity contribution in [3.63, 3.8) is 0 Å². The minimum absolute atomic E-state index is 0.0868. The Labute approximate surface area is 151 Å². The Balaban J connectivity index is 2.02. The number of carboxylic acids is 1. The van der Waals surface area contributed by atoms with Gasteiger partial charge >= 0.3 is 5.97 Å². The zero-order valence-electron chi connectivity index (χ0n) is 14.3. The molecule has 0 saturated heterocycles. The standard InChI is InChI=1S/C18H23ClN2O4/c1-3-11(2)14(16(23)20-10-18(8-9-18)17(24)25)21-15(22)12-4-6-13(19)7-5-12/h4-7,11,14H,3,8-10H2,1-2H3,(H,20,23)(H,21,22)(H,24,25). The monoisotopic (exact) mass is 366 g/mol. The van der Waals surface area contributed by atoms with Crippen molar-refractivity contribution in [1.82, 2.24) is 10.6 Å². The molecule has 3 N–H and O–H groups in total. The van der Waals surface area contributed by atoms with Gasteiger partial charge in [-0.1, -0.05) is 31.9 Å². The van der Waals surface area contributed by atoms with E-state index in [2.05, 4.69) is 10.6 Å². The molecule has 1 aliphatic rings. The zero-order chi connectivity index (χ0) is 18.6. The molecule has 2 amide bonds. The lowest BCUT2D eigenvalue weighted by molar-refractivity contribution is -0.143. The fraction of sp³-hybridized carbons (Fsp3) is 0.500. The molecule has 136 valence electrons. The molecule has 0 radical (unpaired) electrons. The number of carboxylic acid groups (broad SMARTS) is 1. The number of rotatable bonds is 8. The number of hydrogen-bond donors (Lipinski definition) is 3. The Kier molecular flexibility index (Phi) is 6.06. The van der Waals surface area contributed by atoms with E-state index >= 15 is 0 Å². The number of carbonyl (C=O) groups is 3. The van der Waals surface area contributed by atoms with Crippen LogP contribution in [-0.4, -0.2) is 35.5 Å². The first-order valence-corrected chi connectivity index (χ1v) is 8.74. The molecular weight excluding hydrogens is 344 g/mol. The molecule has 1 aliphatic carbocycles. The van der Waals surface area contributed by atoms with Crippen molar-refractivity contribution in [2.24, 2.45) is 11.3 Å². The first-order chi connectivity index (χ1) is 11.8. The summed E-state index contributed by atoms with van der Waals surface area (Å²) in [4.78, 5) is 36.1. The summed E-state index contributed by atoms with van der Waals surface area (Å²) < 4.78 is 0. The van der Waals surface area contributed by atoms with Crippen LogP contribution in [0.2, 0.25) is 5.02 Å². The molecule has 7 heteroatoms. The fourth-order valence-electron chi connectivity index (χ4n) is 2.51. The molecule has 2 unspecified atom stereocenters. The number of carbonyl (C=O) groups excluding carboxylic acids is 2. The number of amides is 2. The molecule has 1 aromatic carbocycles. The summed E-state index contributed by atoms with van der Waals surface area (Å²) in [5.74, 6) is -1.70. The molecule has 2 rings (SSSR count). The van der Waals surface area contributed by atoms with Gasteiger partial charge in [0.2, 0.25) is 5.91 Å². The fourth-order valence-corrected chi connectivity index (χ4v) is 2.64. The molecule has 6 nitrogen and oxygen atoms in total. The second-order valence-electron chi connectivity index (χ2n) is 6.65. The molecule has 0 spiro atoms. The maximum absolute atomic E-state index is 12.5. The van der Waals surface area contributed by atoms with Gasteiger partial charge in [0.15, 0.2) is 0 Å². The molecule has 0 aromatic heterocycles. The van der Waals surface area contributed by atoms with E-state index in [9.17, 15) is 19.5 Å². The van der Waals surface area contributed by atoms with Gasteiger partial charge in [0.05, 0.1) is 5.41 Å². The molecule has 1 fully saturated rings. The second-order valence-corrected chi connectivity index (χ2v) is 7.08. The van der Waals surface area contributed by atoms with Gasteiger partial charge in [-0.25, -0.2) is 0 Å². The third-order valence-electron chi connectivity index (χ3n) is 4.80. The van der Waals surface area contributed by atoms with Crippen molar-refractivity contribution >= 4 is 29.4 Å². The number of aliphatic carboxylic acids is 1. The van der Waals surface area contributed by atoms with E-state index in [-0.39, 0.29) is 24.3 Å². The van der Waals surface area contributed by atoms with Crippen LogP contribution in [0, 0.1) is 11.3 Å². The van der Waals surface area contributed by atoms with Crippen LogP contribution in [0.15, 0.2) is 24.3 Å².